The summed E-state index contributed by atoms with van der Waals surface area (Å²) < 4.78 is 0.943. The van der Waals surface area contributed by atoms with Gasteiger partial charge in [-0.3, -0.25) is 0 Å². The third-order valence-electron chi connectivity index (χ3n) is 3.75. The maximum Gasteiger partial charge on any atom is 0.0548 e. The van der Waals surface area contributed by atoms with Gasteiger partial charge in [0.1, 0.15) is 0 Å². The molecule has 106 valence electrons. The summed E-state index contributed by atoms with van der Waals surface area (Å²) in [5.41, 5.74) is 5.35. The molecule has 0 aliphatic carbocycles. The van der Waals surface area contributed by atoms with Gasteiger partial charge in [0.25, 0.3) is 0 Å². The first kappa shape index (κ1) is 15.6. The lowest BCUT2D eigenvalue weighted by Gasteiger charge is -2.20. The summed E-state index contributed by atoms with van der Waals surface area (Å²) in [6.45, 7) is 4.35. The summed E-state index contributed by atoms with van der Waals surface area (Å²) in [5.74, 6) is 0. The molecule has 0 saturated carbocycles. The molecule has 1 nitrogen and oxygen atoms in total. The Kier molecular flexibility index (Phi) is 5.25. The molecule has 0 saturated heterocycles. The summed E-state index contributed by atoms with van der Waals surface area (Å²) in [7, 11) is 2.00. The van der Waals surface area contributed by atoms with Gasteiger partial charge in [-0.1, -0.05) is 35.9 Å². The Morgan fingerprint density at radius 3 is 2.35 bits per heavy atom. The van der Waals surface area contributed by atoms with Gasteiger partial charge in [0.15, 0.2) is 0 Å². The SMILES string of the molecule is CNC(Cc1c(C)cccc1C)c1ccc(Cl)c(Br)c1. The number of likely N-dealkylation sites (N-methyl/N-ethyl adjacent to an activating group) is 1. The van der Waals surface area contributed by atoms with Crippen molar-refractivity contribution in [2.45, 2.75) is 26.3 Å². The van der Waals surface area contributed by atoms with E-state index in [2.05, 4.69) is 65.4 Å². The lowest BCUT2D eigenvalue weighted by Crippen LogP contribution is -2.19. The fourth-order valence-corrected chi connectivity index (χ4v) is 3.00. The Bertz CT molecular complexity index is 590. The van der Waals surface area contributed by atoms with Gasteiger partial charge in [0.05, 0.1) is 5.02 Å². The second-order valence-corrected chi connectivity index (χ2v) is 6.35. The average molecular weight is 353 g/mol. The second-order valence-electron chi connectivity index (χ2n) is 5.09. The summed E-state index contributed by atoms with van der Waals surface area (Å²) in [4.78, 5) is 0. The van der Waals surface area contributed by atoms with Gasteiger partial charge in [-0.15, -0.1) is 0 Å². The Hall–Kier alpha value is -0.830. The molecule has 2 aromatic carbocycles. The Morgan fingerprint density at radius 2 is 1.80 bits per heavy atom. The zero-order valence-electron chi connectivity index (χ0n) is 12.0. The molecule has 3 heteroatoms. The van der Waals surface area contributed by atoms with Crippen molar-refractivity contribution in [1.29, 1.82) is 0 Å². The largest absolute Gasteiger partial charge is 0.313 e. The molecule has 2 aromatic rings. The molecule has 2 rings (SSSR count). The van der Waals surface area contributed by atoms with Crippen molar-refractivity contribution in [1.82, 2.24) is 5.32 Å². The monoisotopic (exact) mass is 351 g/mol. The lowest BCUT2D eigenvalue weighted by atomic mass is 9.93. The van der Waals surface area contributed by atoms with E-state index < -0.39 is 0 Å². The molecule has 1 N–H and O–H groups in total. The summed E-state index contributed by atoms with van der Waals surface area (Å²) in [5, 5.41) is 4.15. The van der Waals surface area contributed by atoms with E-state index in [4.69, 9.17) is 11.6 Å². The van der Waals surface area contributed by atoms with Crippen LogP contribution in [0.5, 0.6) is 0 Å². The molecule has 20 heavy (non-hydrogen) atoms. The van der Waals surface area contributed by atoms with Crippen LogP contribution in [-0.4, -0.2) is 7.05 Å². The van der Waals surface area contributed by atoms with Crippen LogP contribution in [0.3, 0.4) is 0 Å². The number of halogens is 2. The molecule has 1 atom stereocenters. The quantitative estimate of drug-likeness (QED) is 0.795. The maximum absolute atomic E-state index is 6.07. The van der Waals surface area contributed by atoms with E-state index in [1.807, 2.05) is 13.1 Å². The standard InChI is InChI=1S/C17H19BrClN/c1-11-5-4-6-12(2)14(11)10-17(20-3)13-7-8-16(19)15(18)9-13/h4-9,17,20H,10H2,1-3H3. The zero-order valence-corrected chi connectivity index (χ0v) is 14.3. The number of rotatable bonds is 4. The van der Waals surface area contributed by atoms with E-state index in [1.165, 1.54) is 22.3 Å². The van der Waals surface area contributed by atoms with Gasteiger partial charge in [0.2, 0.25) is 0 Å². The van der Waals surface area contributed by atoms with Crippen LogP contribution >= 0.6 is 27.5 Å². The van der Waals surface area contributed by atoms with Crippen LogP contribution in [0, 0.1) is 13.8 Å². The number of nitrogens with one attached hydrogen (secondary N) is 1. The van der Waals surface area contributed by atoms with Crippen molar-refractivity contribution in [2.75, 3.05) is 7.05 Å². The highest BCUT2D eigenvalue weighted by Gasteiger charge is 2.14. The Morgan fingerprint density at radius 1 is 1.15 bits per heavy atom. The van der Waals surface area contributed by atoms with Gasteiger partial charge in [-0.2, -0.15) is 0 Å². The van der Waals surface area contributed by atoms with Crippen molar-refractivity contribution >= 4 is 27.5 Å². The van der Waals surface area contributed by atoms with Crippen LogP contribution in [0.2, 0.25) is 5.02 Å². The Labute approximate surface area is 134 Å². The molecule has 0 amide bonds. The average Bonchev–Trinajstić information content (AvgIpc) is 2.42. The van der Waals surface area contributed by atoms with E-state index in [1.54, 1.807) is 0 Å². The molecule has 0 spiro atoms. The zero-order chi connectivity index (χ0) is 14.7. The molecular formula is C17H19BrClN. The molecule has 0 aliphatic heterocycles. The number of hydrogen-bond acceptors (Lipinski definition) is 1. The second kappa shape index (κ2) is 6.75. The Balaban J connectivity index is 2.31. The van der Waals surface area contributed by atoms with Crippen LogP contribution in [0.1, 0.15) is 28.3 Å². The fourth-order valence-electron chi connectivity index (χ4n) is 2.49. The number of benzene rings is 2. The van der Waals surface area contributed by atoms with Gasteiger partial charge in [-0.05, 0) is 77.6 Å². The van der Waals surface area contributed by atoms with Crippen LogP contribution < -0.4 is 5.32 Å². The third-order valence-corrected chi connectivity index (χ3v) is 4.96. The van der Waals surface area contributed by atoms with Gasteiger partial charge < -0.3 is 5.32 Å². The lowest BCUT2D eigenvalue weighted by molar-refractivity contribution is 0.589. The number of aryl methyl sites for hydroxylation is 2. The predicted octanol–water partition coefficient (Wildman–Crippen LogP) is 5.22. The number of hydrogen-bond donors (Lipinski definition) is 1. The van der Waals surface area contributed by atoms with Crippen molar-refractivity contribution in [3.8, 4) is 0 Å². The van der Waals surface area contributed by atoms with Crippen LogP contribution in [0.15, 0.2) is 40.9 Å². The normalized spacial score (nSPS) is 12.4. The highest BCUT2D eigenvalue weighted by Crippen LogP contribution is 2.28. The smallest absolute Gasteiger partial charge is 0.0548 e. The molecule has 0 fully saturated rings. The van der Waals surface area contributed by atoms with E-state index in [0.717, 1.165) is 15.9 Å². The molecular weight excluding hydrogens is 334 g/mol. The van der Waals surface area contributed by atoms with E-state index >= 15 is 0 Å². The van der Waals surface area contributed by atoms with Crippen molar-refractivity contribution in [3.05, 3.63) is 68.1 Å². The van der Waals surface area contributed by atoms with E-state index in [-0.39, 0.29) is 6.04 Å². The highest BCUT2D eigenvalue weighted by atomic mass is 79.9. The first-order valence-corrected chi connectivity index (χ1v) is 7.87. The maximum atomic E-state index is 6.07. The van der Waals surface area contributed by atoms with Gasteiger partial charge in [-0.25, -0.2) is 0 Å². The minimum atomic E-state index is 0.281. The molecule has 0 bridgehead atoms. The molecule has 0 heterocycles. The van der Waals surface area contributed by atoms with Crippen LogP contribution in [-0.2, 0) is 6.42 Å². The van der Waals surface area contributed by atoms with Gasteiger partial charge >= 0.3 is 0 Å². The fraction of sp³-hybridized carbons (Fsp3) is 0.294. The van der Waals surface area contributed by atoms with Crippen molar-refractivity contribution < 1.29 is 0 Å². The summed E-state index contributed by atoms with van der Waals surface area (Å²) in [6.07, 6.45) is 0.975. The van der Waals surface area contributed by atoms with E-state index in [9.17, 15) is 0 Å². The summed E-state index contributed by atoms with van der Waals surface area (Å²) in [6, 6.07) is 12.9. The topological polar surface area (TPSA) is 12.0 Å². The molecule has 0 aromatic heterocycles. The van der Waals surface area contributed by atoms with Gasteiger partial charge in [0, 0.05) is 10.5 Å². The minimum absolute atomic E-state index is 0.281. The first-order chi connectivity index (χ1) is 9.52. The minimum Gasteiger partial charge on any atom is -0.313 e. The molecule has 0 radical (unpaired) electrons. The van der Waals surface area contributed by atoms with Crippen molar-refractivity contribution in [2.24, 2.45) is 0 Å². The molecule has 1 unspecified atom stereocenters. The summed E-state index contributed by atoms with van der Waals surface area (Å²) >= 11 is 9.57. The van der Waals surface area contributed by atoms with E-state index in [0.29, 0.717) is 0 Å². The van der Waals surface area contributed by atoms with Crippen molar-refractivity contribution in [3.63, 3.8) is 0 Å². The van der Waals surface area contributed by atoms with Crippen LogP contribution in [0.25, 0.3) is 0 Å². The first-order valence-electron chi connectivity index (χ1n) is 6.70. The van der Waals surface area contributed by atoms with Crippen LogP contribution in [0.4, 0.5) is 0 Å². The highest BCUT2D eigenvalue weighted by molar-refractivity contribution is 9.10. The predicted molar refractivity (Wildman–Crippen MR) is 90.6 cm³/mol. The third kappa shape index (κ3) is 3.43. The molecule has 0 aliphatic rings.